The van der Waals surface area contributed by atoms with Gasteiger partial charge in [-0.15, -0.1) is 0 Å². The Hall–Kier alpha value is -2.01. The maximum Gasteiger partial charge on any atom is 0.316 e. The van der Waals surface area contributed by atoms with Crippen molar-refractivity contribution in [1.29, 1.82) is 0 Å². The molecule has 0 spiro atoms. The molecule has 3 heterocycles. The van der Waals surface area contributed by atoms with Crippen LogP contribution in [0.25, 0.3) is 11.3 Å². The molecule has 0 N–H and O–H groups in total. The number of hydrogen-bond donors (Lipinski definition) is 0. The van der Waals surface area contributed by atoms with E-state index in [9.17, 15) is 0 Å². The van der Waals surface area contributed by atoms with Crippen LogP contribution in [0.2, 0.25) is 0 Å². The zero-order valence-electron chi connectivity index (χ0n) is 11.6. The standard InChI is InChI=1S/C15H18N4O/c1-19-8-5-13(6-9-19)20-15-17-10-12(11-18-15)14-4-2-3-7-16-14/h2-4,7,10-11,13H,5-6,8-9H2,1H3. The Morgan fingerprint density at radius 1 is 1.10 bits per heavy atom. The highest BCUT2D eigenvalue weighted by atomic mass is 16.5. The number of likely N-dealkylation sites (tertiary alicyclic amines) is 1. The fourth-order valence-electron chi connectivity index (χ4n) is 2.29. The molecule has 3 rings (SSSR count). The highest BCUT2D eigenvalue weighted by Crippen LogP contribution is 2.18. The molecule has 0 aliphatic carbocycles. The van der Waals surface area contributed by atoms with Gasteiger partial charge in [0, 0.05) is 37.2 Å². The van der Waals surface area contributed by atoms with Gasteiger partial charge >= 0.3 is 6.01 Å². The summed E-state index contributed by atoms with van der Waals surface area (Å²) in [6.07, 6.45) is 7.58. The quantitative estimate of drug-likeness (QED) is 0.854. The summed E-state index contributed by atoms with van der Waals surface area (Å²) < 4.78 is 5.83. The van der Waals surface area contributed by atoms with Crippen LogP contribution in [0, 0.1) is 0 Å². The molecule has 104 valence electrons. The van der Waals surface area contributed by atoms with Crippen LogP contribution < -0.4 is 4.74 Å². The third-order valence-corrected chi connectivity index (χ3v) is 3.53. The molecule has 1 saturated heterocycles. The molecule has 0 unspecified atom stereocenters. The fourth-order valence-corrected chi connectivity index (χ4v) is 2.29. The molecule has 0 bridgehead atoms. The molecule has 0 saturated carbocycles. The molecule has 0 atom stereocenters. The van der Waals surface area contributed by atoms with Crippen molar-refractivity contribution in [2.75, 3.05) is 20.1 Å². The van der Waals surface area contributed by atoms with Crippen molar-refractivity contribution in [3.8, 4) is 17.3 Å². The number of hydrogen-bond acceptors (Lipinski definition) is 5. The molecule has 1 fully saturated rings. The van der Waals surface area contributed by atoms with Gasteiger partial charge in [-0.3, -0.25) is 4.98 Å². The van der Waals surface area contributed by atoms with Crippen LogP contribution in [0.15, 0.2) is 36.8 Å². The molecule has 1 aliphatic rings. The first-order valence-electron chi connectivity index (χ1n) is 6.90. The van der Waals surface area contributed by atoms with Crippen LogP contribution in [0.1, 0.15) is 12.8 Å². The molecule has 5 nitrogen and oxygen atoms in total. The zero-order chi connectivity index (χ0) is 13.8. The molecule has 2 aromatic rings. The summed E-state index contributed by atoms with van der Waals surface area (Å²) in [5.74, 6) is 0. The van der Waals surface area contributed by atoms with Crippen molar-refractivity contribution in [3.63, 3.8) is 0 Å². The minimum absolute atomic E-state index is 0.229. The van der Waals surface area contributed by atoms with Crippen molar-refractivity contribution in [3.05, 3.63) is 36.8 Å². The van der Waals surface area contributed by atoms with E-state index in [1.807, 2.05) is 18.2 Å². The van der Waals surface area contributed by atoms with E-state index < -0.39 is 0 Å². The molecule has 20 heavy (non-hydrogen) atoms. The molecule has 0 aromatic carbocycles. The number of aromatic nitrogens is 3. The van der Waals surface area contributed by atoms with E-state index in [-0.39, 0.29) is 6.10 Å². The van der Waals surface area contributed by atoms with Gasteiger partial charge in [0.05, 0.1) is 5.69 Å². The number of pyridine rings is 1. The van der Waals surface area contributed by atoms with Crippen molar-refractivity contribution in [1.82, 2.24) is 19.9 Å². The van der Waals surface area contributed by atoms with Crippen LogP contribution in [-0.2, 0) is 0 Å². The monoisotopic (exact) mass is 270 g/mol. The van der Waals surface area contributed by atoms with Crippen LogP contribution in [0.5, 0.6) is 6.01 Å². The number of rotatable bonds is 3. The van der Waals surface area contributed by atoms with Gasteiger partial charge in [0.25, 0.3) is 0 Å². The predicted octanol–water partition coefficient (Wildman–Crippen LogP) is 2.01. The van der Waals surface area contributed by atoms with Gasteiger partial charge in [-0.25, -0.2) is 9.97 Å². The summed E-state index contributed by atoms with van der Waals surface area (Å²) in [6.45, 7) is 2.13. The van der Waals surface area contributed by atoms with Gasteiger partial charge in [-0.1, -0.05) is 6.07 Å². The molecular weight excluding hydrogens is 252 g/mol. The van der Waals surface area contributed by atoms with Crippen molar-refractivity contribution < 1.29 is 4.74 Å². The van der Waals surface area contributed by atoms with E-state index in [0.717, 1.165) is 37.2 Å². The third kappa shape index (κ3) is 3.11. The average molecular weight is 270 g/mol. The molecule has 1 aliphatic heterocycles. The number of piperidine rings is 1. The summed E-state index contributed by atoms with van der Waals surface area (Å²) in [5, 5.41) is 0. The molecular formula is C15H18N4O. The maximum absolute atomic E-state index is 5.83. The van der Waals surface area contributed by atoms with Gasteiger partial charge in [0.1, 0.15) is 6.10 Å². The van der Waals surface area contributed by atoms with E-state index in [1.165, 1.54) is 0 Å². The maximum atomic E-state index is 5.83. The second kappa shape index (κ2) is 5.96. The highest BCUT2D eigenvalue weighted by Gasteiger charge is 2.18. The Kier molecular flexibility index (Phi) is 3.87. The van der Waals surface area contributed by atoms with Gasteiger partial charge in [0.15, 0.2) is 0 Å². The lowest BCUT2D eigenvalue weighted by Gasteiger charge is -2.28. The van der Waals surface area contributed by atoms with Crippen molar-refractivity contribution in [2.45, 2.75) is 18.9 Å². The third-order valence-electron chi connectivity index (χ3n) is 3.53. The Labute approximate surface area is 118 Å². The normalized spacial score (nSPS) is 17.1. The lowest BCUT2D eigenvalue weighted by molar-refractivity contribution is 0.105. The lowest BCUT2D eigenvalue weighted by atomic mass is 10.1. The fraction of sp³-hybridized carbons (Fsp3) is 0.400. The smallest absolute Gasteiger partial charge is 0.316 e. The lowest BCUT2D eigenvalue weighted by Crippen LogP contribution is -2.35. The van der Waals surface area contributed by atoms with Crippen LogP contribution in [0.4, 0.5) is 0 Å². The van der Waals surface area contributed by atoms with Gasteiger partial charge < -0.3 is 9.64 Å². The Balaban J connectivity index is 1.65. The van der Waals surface area contributed by atoms with E-state index in [1.54, 1.807) is 18.6 Å². The van der Waals surface area contributed by atoms with Crippen molar-refractivity contribution >= 4 is 0 Å². The van der Waals surface area contributed by atoms with E-state index in [0.29, 0.717) is 6.01 Å². The van der Waals surface area contributed by atoms with Gasteiger partial charge in [-0.2, -0.15) is 0 Å². The zero-order valence-corrected chi connectivity index (χ0v) is 11.6. The van der Waals surface area contributed by atoms with E-state index >= 15 is 0 Å². The van der Waals surface area contributed by atoms with Gasteiger partial charge in [-0.05, 0) is 32.0 Å². The highest BCUT2D eigenvalue weighted by molar-refractivity contribution is 5.56. The SMILES string of the molecule is CN1CCC(Oc2ncc(-c3ccccn3)cn2)CC1. The van der Waals surface area contributed by atoms with E-state index in [4.69, 9.17) is 4.74 Å². The van der Waals surface area contributed by atoms with Crippen LogP contribution in [0.3, 0.4) is 0 Å². The first-order valence-corrected chi connectivity index (χ1v) is 6.90. The van der Waals surface area contributed by atoms with E-state index in [2.05, 4.69) is 26.9 Å². The summed E-state index contributed by atoms with van der Waals surface area (Å²) in [5.41, 5.74) is 1.78. The Morgan fingerprint density at radius 2 is 1.85 bits per heavy atom. The summed E-state index contributed by atoms with van der Waals surface area (Å²) >= 11 is 0. The summed E-state index contributed by atoms with van der Waals surface area (Å²) in [6, 6.07) is 6.24. The summed E-state index contributed by atoms with van der Waals surface area (Å²) in [4.78, 5) is 15.1. The van der Waals surface area contributed by atoms with Crippen molar-refractivity contribution in [2.24, 2.45) is 0 Å². The number of ether oxygens (including phenoxy) is 1. The summed E-state index contributed by atoms with van der Waals surface area (Å²) in [7, 11) is 2.13. The molecule has 0 radical (unpaired) electrons. The second-order valence-electron chi connectivity index (χ2n) is 5.09. The first-order chi connectivity index (χ1) is 9.81. The first kappa shape index (κ1) is 13.0. The average Bonchev–Trinajstić information content (AvgIpc) is 2.51. The Bertz CT molecular complexity index is 536. The van der Waals surface area contributed by atoms with Crippen LogP contribution in [-0.4, -0.2) is 46.1 Å². The predicted molar refractivity (Wildman–Crippen MR) is 76.4 cm³/mol. The minimum Gasteiger partial charge on any atom is -0.460 e. The second-order valence-corrected chi connectivity index (χ2v) is 5.09. The molecule has 2 aromatic heterocycles. The van der Waals surface area contributed by atoms with Crippen LogP contribution >= 0.6 is 0 Å². The molecule has 5 heteroatoms. The molecule has 0 amide bonds. The number of nitrogens with zero attached hydrogens (tertiary/aromatic N) is 4. The minimum atomic E-state index is 0.229. The Morgan fingerprint density at radius 3 is 2.50 bits per heavy atom. The topological polar surface area (TPSA) is 51.1 Å². The van der Waals surface area contributed by atoms with Gasteiger partial charge in [0.2, 0.25) is 0 Å². The largest absolute Gasteiger partial charge is 0.460 e.